The molecule has 1 aliphatic rings. The molecule has 2 aromatic carbocycles. The van der Waals surface area contributed by atoms with Gasteiger partial charge in [-0.25, -0.2) is 4.99 Å². The largest absolute Gasteiger partial charge is 0.290 e. The van der Waals surface area contributed by atoms with Crippen LogP contribution < -0.4 is 0 Å². The number of nitrogens with zero attached hydrogens (tertiary/aromatic N) is 2. The maximum atomic E-state index is 12.5. The minimum atomic E-state index is -0.108. The summed E-state index contributed by atoms with van der Waals surface area (Å²) < 4.78 is 0. The predicted octanol–water partition coefficient (Wildman–Crippen LogP) is 5.54. The van der Waals surface area contributed by atoms with Gasteiger partial charge in [0.25, 0.3) is 5.91 Å². The Bertz CT molecular complexity index is 877. The Balaban J connectivity index is 1.96. The summed E-state index contributed by atoms with van der Waals surface area (Å²) in [6.07, 6.45) is 1.75. The third kappa shape index (κ3) is 3.36. The molecule has 1 heterocycles. The molecule has 122 valence electrons. The number of aliphatic imine (C=N–C) groups is 1. The molecule has 0 radical (unpaired) electrons. The van der Waals surface area contributed by atoms with Crippen LogP contribution in [0.3, 0.4) is 0 Å². The molecular formula is C18H14Cl2N2OS. The number of para-hydroxylation sites is 1. The maximum Gasteiger partial charge on any atom is 0.266 e. The van der Waals surface area contributed by atoms with E-state index in [1.807, 2.05) is 37.3 Å². The summed E-state index contributed by atoms with van der Waals surface area (Å²) in [6.45, 7) is 1.99. The molecular weight excluding hydrogens is 363 g/mol. The van der Waals surface area contributed by atoms with Crippen molar-refractivity contribution < 1.29 is 4.79 Å². The fraction of sp³-hybridized carbons (Fsp3) is 0.111. The number of aryl methyl sites for hydroxylation is 1. The zero-order chi connectivity index (χ0) is 17.3. The molecule has 1 aliphatic heterocycles. The Labute approximate surface area is 155 Å². The van der Waals surface area contributed by atoms with Crippen LogP contribution in [0.2, 0.25) is 10.0 Å². The Morgan fingerprint density at radius 3 is 2.62 bits per heavy atom. The Hall–Kier alpha value is -1.75. The van der Waals surface area contributed by atoms with Gasteiger partial charge in [0.1, 0.15) is 0 Å². The number of thioether (sulfide) groups is 1. The van der Waals surface area contributed by atoms with Gasteiger partial charge in [0.05, 0.1) is 20.6 Å². The fourth-order valence-corrected chi connectivity index (χ4v) is 3.55. The zero-order valence-electron chi connectivity index (χ0n) is 13.1. The van der Waals surface area contributed by atoms with Crippen LogP contribution in [-0.4, -0.2) is 23.0 Å². The second kappa shape index (κ2) is 7.01. The first kappa shape index (κ1) is 17.1. The lowest BCUT2D eigenvalue weighted by Gasteiger charge is -2.08. The molecule has 0 aliphatic carbocycles. The summed E-state index contributed by atoms with van der Waals surface area (Å²) in [7, 11) is 1.72. The SMILES string of the molecule is Cc1ccccc1N=C1S/C(=C/c2cccc(Cl)c2Cl)C(=O)N1C. The van der Waals surface area contributed by atoms with Crippen LogP contribution in [0.4, 0.5) is 5.69 Å². The van der Waals surface area contributed by atoms with E-state index >= 15 is 0 Å². The summed E-state index contributed by atoms with van der Waals surface area (Å²) in [6, 6.07) is 13.1. The van der Waals surface area contributed by atoms with Gasteiger partial charge in [-0.1, -0.05) is 53.5 Å². The van der Waals surface area contributed by atoms with Crippen molar-refractivity contribution in [2.45, 2.75) is 6.92 Å². The highest BCUT2D eigenvalue weighted by Gasteiger charge is 2.30. The van der Waals surface area contributed by atoms with Gasteiger partial charge in [-0.15, -0.1) is 0 Å². The molecule has 0 unspecified atom stereocenters. The molecule has 1 fully saturated rings. The van der Waals surface area contributed by atoms with E-state index in [-0.39, 0.29) is 5.91 Å². The first-order valence-electron chi connectivity index (χ1n) is 7.23. The number of amides is 1. The minimum Gasteiger partial charge on any atom is -0.290 e. The van der Waals surface area contributed by atoms with E-state index in [2.05, 4.69) is 4.99 Å². The summed E-state index contributed by atoms with van der Waals surface area (Å²) in [5, 5.41) is 1.54. The van der Waals surface area contributed by atoms with Gasteiger partial charge in [-0.05, 0) is 48.0 Å². The first-order chi connectivity index (χ1) is 11.5. The summed E-state index contributed by atoms with van der Waals surface area (Å²) >= 11 is 13.6. The van der Waals surface area contributed by atoms with Crippen LogP contribution >= 0.6 is 35.0 Å². The zero-order valence-corrected chi connectivity index (χ0v) is 15.4. The van der Waals surface area contributed by atoms with Crippen molar-refractivity contribution >= 4 is 57.8 Å². The molecule has 0 spiro atoms. The number of likely N-dealkylation sites (N-methyl/N-ethyl adjacent to an activating group) is 1. The van der Waals surface area contributed by atoms with E-state index in [1.165, 1.54) is 11.8 Å². The van der Waals surface area contributed by atoms with Gasteiger partial charge in [-0.3, -0.25) is 9.69 Å². The van der Waals surface area contributed by atoms with Gasteiger partial charge < -0.3 is 0 Å². The van der Waals surface area contributed by atoms with Gasteiger partial charge >= 0.3 is 0 Å². The van der Waals surface area contributed by atoms with Gasteiger partial charge in [0.15, 0.2) is 5.17 Å². The van der Waals surface area contributed by atoms with E-state index in [4.69, 9.17) is 23.2 Å². The topological polar surface area (TPSA) is 32.7 Å². The molecule has 0 atom stereocenters. The number of halogens is 2. The van der Waals surface area contributed by atoms with Crippen molar-refractivity contribution in [2.24, 2.45) is 4.99 Å². The van der Waals surface area contributed by atoms with E-state index in [1.54, 1.807) is 30.2 Å². The number of carbonyl (C=O) groups excluding carboxylic acids is 1. The molecule has 1 saturated heterocycles. The molecule has 0 aromatic heterocycles. The number of carbonyl (C=O) groups is 1. The number of amidine groups is 1. The fourth-order valence-electron chi connectivity index (χ4n) is 2.22. The van der Waals surface area contributed by atoms with Crippen LogP contribution in [0.25, 0.3) is 6.08 Å². The van der Waals surface area contributed by atoms with E-state index < -0.39 is 0 Å². The smallest absolute Gasteiger partial charge is 0.266 e. The molecule has 6 heteroatoms. The van der Waals surface area contributed by atoms with E-state index in [0.29, 0.717) is 25.7 Å². The highest BCUT2D eigenvalue weighted by molar-refractivity contribution is 8.18. The van der Waals surface area contributed by atoms with Gasteiger partial charge in [0.2, 0.25) is 0 Å². The Morgan fingerprint density at radius 2 is 1.88 bits per heavy atom. The van der Waals surface area contributed by atoms with Crippen molar-refractivity contribution in [3.63, 3.8) is 0 Å². The van der Waals surface area contributed by atoms with Crippen LogP contribution in [-0.2, 0) is 4.79 Å². The van der Waals surface area contributed by atoms with Crippen LogP contribution in [0.1, 0.15) is 11.1 Å². The minimum absolute atomic E-state index is 0.108. The Kier molecular flexibility index (Phi) is 4.99. The lowest BCUT2D eigenvalue weighted by Crippen LogP contribution is -2.23. The van der Waals surface area contributed by atoms with Crippen molar-refractivity contribution in [1.29, 1.82) is 0 Å². The summed E-state index contributed by atoms with van der Waals surface area (Å²) in [5.41, 5.74) is 2.62. The monoisotopic (exact) mass is 376 g/mol. The highest BCUT2D eigenvalue weighted by atomic mass is 35.5. The standard InChI is InChI=1S/C18H14Cl2N2OS/c1-11-6-3-4-9-14(11)21-18-22(2)17(23)15(24-18)10-12-7-5-8-13(19)16(12)20/h3-10H,1-2H3/b15-10+,21-18?. The molecule has 0 bridgehead atoms. The highest BCUT2D eigenvalue weighted by Crippen LogP contribution is 2.35. The lowest BCUT2D eigenvalue weighted by molar-refractivity contribution is -0.121. The van der Waals surface area contributed by atoms with Crippen molar-refractivity contribution in [3.05, 3.63) is 68.5 Å². The Morgan fingerprint density at radius 1 is 1.12 bits per heavy atom. The lowest BCUT2D eigenvalue weighted by atomic mass is 10.2. The molecule has 24 heavy (non-hydrogen) atoms. The molecule has 0 N–H and O–H groups in total. The third-order valence-corrected chi connectivity index (χ3v) is 5.50. The number of hydrogen-bond acceptors (Lipinski definition) is 3. The normalized spacial score (nSPS) is 18.0. The second-order valence-electron chi connectivity index (χ2n) is 5.30. The average Bonchev–Trinajstić information content (AvgIpc) is 2.82. The van der Waals surface area contributed by atoms with Crippen molar-refractivity contribution in [3.8, 4) is 0 Å². The molecule has 2 aromatic rings. The number of rotatable bonds is 2. The van der Waals surface area contributed by atoms with E-state index in [0.717, 1.165) is 11.3 Å². The van der Waals surface area contributed by atoms with E-state index in [9.17, 15) is 4.79 Å². The molecule has 3 rings (SSSR count). The van der Waals surface area contributed by atoms with Crippen LogP contribution in [0.5, 0.6) is 0 Å². The maximum absolute atomic E-state index is 12.5. The molecule has 3 nitrogen and oxygen atoms in total. The van der Waals surface area contributed by atoms with Crippen molar-refractivity contribution in [1.82, 2.24) is 4.90 Å². The van der Waals surface area contributed by atoms with Crippen LogP contribution in [0, 0.1) is 6.92 Å². The average molecular weight is 377 g/mol. The summed E-state index contributed by atoms with van der Waals surface area (Å²) in [5.74, 6) is -0.108. The molecule has 1 amide bonds. The molecule has 0 saturated carbocycles. The number of benzene rings is 2. The first-order valence-corrected chi connectivity index (χ1v) is 8.80. The van der Waals surface area contributed by atoms with Crippen LogP contribution in [0.15, 0.2) is 52.4 Å². The summed E-state index contributed by atoms with van der Waals surface area (Å²) in [4.78, 5) is 19.2. The second-order valence-corrected chi connectivity index (χ2v) is 7.09. The third-order valence-electron chi connectivity index (χ3n) is 3.60. The number of hydrogen-bond donors (Lipinski definition) is 0. The van der Waals surface area contributed by atoms with Crippen molar-refractivity contribution in [2.75, 3.05) is 7.05 Å². The van der Waals surface area contributed by atoms with Gasteiger partial charge in [-0.2, -0.15) is 0 Å². The predicted molar refractivity (Wildman–Crippen MR) is 103 cm³/mol. The quantitative estimate of drug-likeness (QED) is 0.644. The van der Waals surface area contributed by atoms with Gasteiger partial charge in [0, 0.05) is 7.05 Å².